The zero-order valence-electron chi connectivity index (χ0n) is 7.05. The minimum Gasteiger partial charge on any atom is -0.261 e. The molecule has 66 valence electrons. The van der Waals surface area contributed by atoms with Gasteiger partial charge in [-0.25, -0.2) is 0 Å². The number of hydrogen-bond acceptors (Lipinski definition) is 3. The van der Waals surface area contributed by atoms with E-state index in [9.17, 15) is 0 Å². The van der Waals surface area contributed by atoms with Crippen LogP contribution in [0.25, 0.3) is 0 Å². The highest BCUT2D eigenvalue weighted by atomic mass is 32.2. The maximum Gasteiger partial charge on any atom is 0.0865 e. The Balaban J connectivity index is 2.10. The van der Waals surface area contributed by atoms with E-state index in [2.05, 4.69) is 15.4 Å². The third-order valence-corrected chi connectivity index (χ3v) is 3.22. The van der Waals surface area contributed by atoms with Gasteiger partial charge in [0.2, 0.25) is 0 Å². The summed E-state index contributed by atoms with van der Waals surface area (Å²) in [6, 6.07) is 0. The fourth-order valence-corrected chi connectivity index (χ4v) is 2.42. The van der Waals surface area contributed by atoms with Crippen LogP contribution in [-0.2, 0) is 12.2 Å². The summed E-state index contributed by atoms with van der Waals surface area (Å²) in [5, 5.41) is 10.9. The summed E-state index contributed by atoms with van der Waals surface area (Å²) >= 11 is 1.98. The molecular formula is C8H13N3S. The summed E-state index contributed by atoms with van der Waals surface area (Å²) in [7, 11) is 0. The highest BCUT2D eigenvalue weighted by Crippen LogP contribution is 2.18. The summed E-state index contributed by atoms with van der Waals surface area (Å²) in [6.45, 7) is 0. The van der Waals surface area contributed by atoms with Crippen LogP contribution in [0.5, 0.6) is 0 Å². The smallest absolute Gasteiger partial charge is 0.0865 e. The van der Waals surface area contributed by atoms with Crippen LogP contribution in [0.1, 0.15) is 30.7 Å². The molecule has 12 heavy (non-hydrogen) atoms. The van der Waals surface area contributed by atoms with Crippen molar-refractivity contribution < 1.29 is 0 Å². The Morgan fingerprint density at radius 2 is 2.25 bits per heavy atom. The minimum atomic E-state index is 1.06. The summed E-state index contributed by atoms with van der Waals surface area (Å²) in [5.74, 6) is 2.33. The zero-order chi connectivity index (χ0) is 8.23. The molecule has 0 saturated heterocycles. The van der Waals surface area contributed by atoms with E-state index in [1.54, 1.807) is 0 Å². The van der Waals surface area contributed by atoms with E-state index in [-0.39, 0.29) is 0 Å². The maximum absolute atomic E-state index is 4.08. The van der Waals surface area contributed by atoms with E-state index in [0.717, 1.165) is 12.2 Å². The van der Waals surface area contributed by atoms with Gasteiger partial charge in [-0.2, -0.15) is 11.8 Å². The first-order chi connectivity index (χ1) is 5.97. The fourth-order valence-electron chi connectivity index (χ4n) is 1.43. The Hall–Kier alpha value is -0.510. The number of nitrogens with zero attached hydrogens (tertiary/aromatic N) is 2. The zero-order valence-corrected chi connectivity index (χ0v) is 7.86. The normalized spacial score (nSPS) is 19.0. The van der Waals surface area contributed by atoms with Gasteiger partial charge in [-0.1, -0.05) is 11.6 Å². The Kier molecular flexibility index (Phi) is 2.66. The van der Waals surface area contributed by atoms with Gasteiger partial charge in [-0.05, 0) is 25.0 Å². The molecule has 1 aromatic heterocycles. The molecule has 0 saturated carbocycles. The predicted octanol–water partition coefficient (Wildman–Crippen LogP) is 1.76. The molecule has 0 spiro atoms. The Morgan fingerprint density at radius 3 is 3.25 bits per heavy atom. The second-order valence-corrected chi connectivity index (χ2v) is 4.21. The van der Waals surface area contributed by atoms with Crippen molar-refractivity contribution in [3.63, 3.8) is 0 Å². The largest absolute Gasteiger partial charge is 0.261 e. The number of hydrogen-bond donors (Lipinski definition) is 1. The van der Waals surface area contributed by atoms with Crippen LogP contribution in [0.3, 0.4) is 0 Å². The first-order valence-corrected chi connectivity index (χ1v) is 5.59. The van der Waals surface area contributed by atoms with Gasteiger partial charge < -0.3 is 0 Å². The van der Waals surface area contributed by atoms with Gasteiger partial charge in [0.15, 0.2) is 0 Å². The van der Waals surface area contributed by atoms with E-state index in [1.165, 1.54) is 36.4 Å². The van der Waals surface area contributed by atoms with Gasteiger partial charge in [0, 0.05) is 5.75 Å². The molecule has 2 heterocycles. The molecule has 0 bridgehead atoms. The predicted molar refractivity (Wildman–Crippen MR) is 50.1 cm³/mol. The quantitative estimate of drug-likeness (QED) is 0.666. The molecule has 0 amide bonds. The van der Waals surface area contributed by atoms with Crippen molar-refractivity contribution in [3.8, 4) is 0 Å². The summed E-state index contributed by atoms with van der Waals surface area (Å²) < 4.78 is 0. The number of thioether (sulfide) groups is 1. The lowest BCUT2D eigenvalue weighted by Gasteiger charge is -1.95. The molecule has 3 nitrogen and oxygen atoms in total. The first-order valence-electron chi connectivity index (χ1n) is 4.43. The molecule has 4 heteroatoms. The van der Waals surface area contributed by atoms with Crippen LogP contribution in [0.2, 0.25) is 0 Å². The molecule has 1 aromatic rings. The highest BCUT2D eigenvalue weighted by molar-refractivity contribution is 7.98. The van der Waals surface area contributed by atoms with Gasteiger partial charge in [0.25, 0.3) is 0 Å². The minimum absolute atomic E-state index is 1.06. The van der Waals surface area contributed by atoms with Crippen molar-refractivity contribution in [2.45, 2.75) is 31.4 Å². The summed E-state index contributed by atoms with van der Waals surface area (Å²) in [6.07, 6.45) is 5.05. The van der Waals surface area contributed by atoms with Crippen molar-refractivity contribution in [3.05, 3.63) is 11.4 Å². The first kappa shape index (κ1) is 8.10. The average molecular weight is 183 g/mol. The molecular weight excluding hydrogens is 170 g/mol. The Labute approximate surface area is 76.3 Å². The van der Waals surface area contributed by atoms with E-state index >= 15 is 0 Å². The molecule has 1 N–H and O–H groups in total. The molecule has 2 rings (SSSR count). The van der Waals surface area contributed by atoms with Crippen LogP contribution < -0.4 is 0 Å². The van der Waals surface area contributed by atoms with Crippen molar-refractivity contribution in [2.75, 3.05) is 5.75 Å². The van der Waals surface area contributed by atoms with Crippen LogP contribution in [0, 0.1) is 0 Å². The molecule has 0 fully saturated rings. The molecule has 0 aliphatic carbocycles. The van der Waals surface area contributed by atoms with Gasteiger partial charge in [-0.3, -0.25) is 5.10 Å². The number of aryl methyl sites for hydroxylation is 1. The van der Waals surface area contributed by atoms with E-state index in [4.69, 9.17) is 0 Å². The third-order valence-electron chi connectivity index (χ3n) is 2.15. The number of H-pyrrole nitrogens is 1. The average Bonchev–Trinajstić information content (AvgIpc) is 2.50. The number of rotatable bonds is 0. The highest BCUT2D eigenvalue weighted by Gasteiger charge is 2.08. The van der Waals surface area contributed by atoms with Gasteiger partial charge >= 0.3 is 0 Å². The second-order valence-electron chi connectivity index (χ2n) is 3.10. The lowest BCUT2D eigenvalue weighted by molar-refractivity contribution is 0.710. The molecule has 0 atom stereocenters. The van der Waals surface area contributed by atoms with Crippen molar-refractivity contribution in [1.29, 1.82) is 0 Å². The number of aromatic nitrogens is 3. The van der Waals surface area contributed by atoms with E-state index < -0.39 is 0 Å². The topological polar surface area (TPSA) is 41.6 Å². The molecule has 0 radical (unpaired) electrons. The van der Waals surface area contributed by atoms with Crippen molar-refractivity contribution >= 4 is 11.8 Å². The van der Waals surface area contributed by atoms with Gasteiger partial charge in [0.1, 0.15) is 0 Å². The van der Waals surface area contributed by atoms with Gasteiger partial charge in [0.05, 0.1) is 11.4 Å². The van der Waals surface area contributed by atoms with E-state index in [1.807, 2.05) is 11.8 Å². The van der Waals surface area contributed by atoms with Crippen LogP contribution in [0.15, 0.2) is 0 Å². The number of aromatic amines is 1. The van der Waals surface area contributed by atoms with Crippen molar-refractivity contribution in [1.82, 2.24) is 15.4 Å². The molecule has 1 aliphatic heterocycles. The van der Waals surface area contributed by atoms with Crippen LogP contribution in [0.4, 0.5) is 0 Å². The maximum atomic E-state index is 4.08. The molecule has 0 aromatic carbocycles. The standard InChI is InChI=1S/C8H13N3S/c1-2-4-7-8(10-11-9-7)6-12-5-3-1/h1-6H2,(H,9,10,11). The van der Waals surface area contributed by atoms with Gasteiger partial charge in [-0.15, -0.1) is 5.10 Å². The van der Waals surface area contributed by atoms with E-state index in [0.29, 0.717) is 0 Å². The SMILES string of the molecule is C1CCSCc2[nH]nnc2CC1. The lowest BCUT2D eigenvalue weighted by Crippen LogP contribution is -1.90. The monoisotopic (exact) mass is 183 g/mol. The lowest BCUT2D eigenvalue weighted by atomic mass is 10.1. The molecule has 0 unspecified atom stereocenters. The van der Waals surface area contributed by atoms with Crippen LogP contribution >= 0.6 is 11.8 Å². The second kappa shape index (κ2) is 3.94. The Morgan fingerprint density at radius 1 is 1.25 bits per heavy atom. The molecule has 1 aliphatic rings. The number of nitrogens with one attached hydrogen (secondary N) is 1. The third kappa shape index (κ3) is 1.80. The van der Waals surface area contributed by atoms with Crippen LogP contribution in [-0.4, -0.2) is 21.2 Å². The summed E-state index contributed by atoms with van der Waals surface area (Å²) in [4.78, 5) is 0. The summed E-state index contributed by atoms with van der Waals surface area (Å²) in [5.41, 5.74) is 2.42. The van der Waals surface area contributed by atoms with Crippen molar-refractivity contribution in [2.24, 2.45) is 0 Å². The fraction of sp³-hybridized carbons (Fsp3) is 0.750. The Bertz CT molecular complexity index is 224. The number of fused-ring (bicyclic) bond motifs is 1.